The van der Waals surface area contributed by atoms with Crippen LogP contribution in [0.1, 0.15) is 28.9 Å². The molecule has 0 aliphatic carbocycles. The number of hydrogen-bond acceptors (Lipinski definition) is 2. The van der Waals surface area contributed by atoms with E-state index in [9.17, 15) is 0 Å². The largest absolute Gasteiger partial charge is 0.501 e. The second-order valence-electron chi connectivity index (χ2n) is 7.87. The maximum atomic E-state index is 6.03. The molecule has 0 amide bonds. The molecule has 0 atom stereocenters. The van der Waals surface area contributed by atoms with Gasteiger partial charge in [0.1, 0.15) is 17.7 Å². The van der Waals surface area contributed by atoms with E-state index in [-0.39, 0.29) is 0 Å². The second kappa shape index (κ2) is 8.69. The summed E-state index contributed by atoms with van der Waals surface area (Å²) in [6.07, 6.45) is 11.4. The minimum Gasteiger partial charge on any atom is -0.501 e. The lowest BCUT2D eigenvalue weighted by Crippen LogP contribution is -2.30. The molecule has 32 heavy (non-hydrogen) atoms. The molecule has 3 aromatic rings. The molecule has 0 unspecified atom stereocenters. The Labute approximate surface area is 193 Å². The quantitative estimate of drug-likeness (QED) is 0.514. The summed E-state index contributed by atoms with van der Waals surface area (Å²) >= 11 is 6.03. The minimum absolute atomic E-state index is 0.625. The van der Waals surface area contributed by atoms with Crippen LogP contribution in [0, 0.1) is 6.92 Å². The van der Waals surface area contributed by atoms with Crippen molar-refractivity contribution in [2.45, 2.75) is 13.3 Å². The van der Waals surface area contributed by atoms with Crippen LogP contribution < -0.4 is 10.5 Å². The molecule has 0 saturated carbocycles. The molecule has 5 rings (SSSR count). The van der Waals surface area contributed by atoms with Crippen LogP contribution in [-0.2, 0) is 0 Å². The van der Waals surface area contributed by atoms with Crippen molar-refractivity contribution in [1.29, 1.82) is 0 Å². The Morgan fingerprint density at radius 3 is 2.72 bits per heavy atom. The fourth-order valence-electron chi connectivity index (χ4n) is 4.20. The number of ether oxygens (including phenoxy) is 1. The molecule has 0 bridgehead atoms. The maximum Gasteiger partial charge on any atom is 0.221 e. The van der Waals surface area contributed by atoms with Gasteiger partial charge in [-0.3, -0.25) is 0 Å². The first kappa shape index (κ1) is 20.6. The van der Waals surface area contributed by atoms with Gasteiger partial charge in [0, 0.05) is 34.1 Å². The fourth-order valence-corrected chi connectivity index (χ4v) is 4.38. The van der Waals surface area contributed by atoms with Crippen molar-refractivity contribution in [3.8, 4) is 11.5 Å². The topological polar surface area (TPSA) is 43.2 Å². The summed E-state index contributed by atoms with van der Waals surface area (Å²) in [4.78, 5) is 0. The van der Waals surface area contributed by atoms with E-state index in [0.29, 0.717) is 11.6 Å². The molecule has 1 aromatic heterocycles. The average molecular weight is 440 g/mol. The number of benzene rings is 2. The van der Waals surface area contributed by atoms with Crippen LogP contribution in [-0.4, -0.2) is 29.3 Å². The highest BCUT2D eigenvalue weighted by Gasteiger charge is 2.24. The highest BCUT2D eigenvalue weighted by molar-refractivity contribution is 6.30. The van der Waals surface area contributed by atoms with Crippen LogP contribution in [0.4, 0.5) is 0 Å². The van der Waals surface area contributed by atoms with E-state index in [0.717, 1.165) is 29.2 Å². The third kappa shape index (κ3) is 3.97. The summed E-state index contributed by atoms with van der Waals surface area (Å²) in [5.41, 5.74) is 13.2. The fraction of sp³-hybridized carbons (Fsp3) is 0.115. The Morgan fingerprint density at radius 1 is 1.09 bits per heavy atom. The molecule has 2 aliphatic rings. The first-order valence-electron chi connectivity index (χ1n) is 10.6. The van der Waals surface area contributed by atoms with E-state index in [1.165, 1.54) is 22.5 Å². The number of aromatic nitrogens is 1. The SMILES string of the molecule is Cc1cc(C=Cc2ccc(Oc3cccc(Cl)c3)cc2)n2c1C(CCN)=C1C=CC=[N+]1[B-]2. The average Bonchev–Trinajstić information content (AvgIpc) is 3.38. The van der Waals surface area contributed by atoms with Crippen molar-refractivity contribution in [1.82, 2.24) is 4.48 Å². The Hall–Kier alpha value is -3.28. The first-order valence-corrected chi connectivity index (χ1v) is 11.0. The zero-order chi connectivity index (χ0) is 22.1. The number of hydrogen-bond donors (Lipinski definition) is 1. The normalized spacial score (nSPS) is 14.7. The van der Waals surface area contributed by atoms with E-state index in [4.69, 9.17) is 22.1 Å². The van der Waals surface area contributed by atoms with Gasteiger partial charge in [-0.25, -0.2) is 0 Å². The third-order valence-electron chi connectivity index (χ3n) is 5.62. The van der Waals surface area contributed by atoms with Crippen LogP contribution in [0.3, 0.4) is 0 Å². The molecular formula is C26H23BClN3O. The zero-order valence-electron chi connectivity index (χ0n) is 17.8. The Morgan fingerprint density at radius 2 is 1.94 bits per heavy atom. The molecule has 2 aliphatic heterocycles. The van der Waals surface area contributed by atoms with Crippen molar-refractivity contribution in [2.75, 3.05) is 6.54 Å². The van der Waals surface area contributed by atoms with Gasteiger partial charge in [-0.1, -0.05) is 35.9 Å². The lowest BCUT2D eigenvalue weighted by Gasteiger charge is -2.29. The molecule has 6 heteroatoms. The first-order chi connectivity index (χ1) is 15.6. The molecule has 2 radical (unpaired) electrons. The van der Waals surface area contributed by atoms with Crippen molar-refractivity contribution in [2.24, 2.45) is 5.73 Å². The minimum atomic E-state index is 0.625. The summed E-state index contributed by atoms with van der Waals surface area (Å²) in [7, 11) is 2.14. The third-order valence-corrected chi connectivity index (χ3v) is 5.86. The summed E-state index contributed by atoms with van der Waals surface area (Å²) in [5.74, 6) is 1.50. The number of allylic oxidation sites excluding steroid dienone is 2. The summed E-state index contributed by atoms with van der Waals surface area (Å²) < 4.78 is 10.3. The Kier molecular flexibility index (Phi) is 5.60. The number of halogens is 1. The predicted octanol–water partition coefficient (Wildman–Crippen LogP) is 5.52. The van der Waals surface area contributed by atoms with Crippen molar-refractivity contribution >= 4 is 43.1 Å². The molecule has 0 saturated heterocycles. The summed E-state index contributed by atoms with van der Waals surface area (Å²) in [6.45, 7) is 2.79. The molecule has 2 aromatic carbocycles. The molecule has 158 valence electrons. The van der Waals surface area contributed by atoms with Crippen LogP contribution in [0.25, 0.3) is 17.7 Å². The van der Waals surface area contributed by atoms with Crippen LogP contribution >= 0.6 is 11.6 Å². The van der Waals surface area contributed by atoms with Gasteiger partial charge in [-0.2, -0.15) is 0 Å². The smallest absolute Gasteiger partial charge is 0.221 e. The molecule has 2 N–H and O–H groups in total. The van der Waals surface area contributed by atoms with E-state index in [1.54, 1.807) is 6.07 Å². The van der Waals surface area contributed by atoms with E-state index in [1.807, 2.05) is 42.5 Å². The highest BCUT2D eigenvalue weighted by Crippen LogP contribution is 2.33. The lowest BCUT2D eigenvalue weighted by molar-refractivity contribution is -0.307. The number of nitrogens with two attached hydrogens (primary N) is 1. The van der Waals surface area contributed by atoms with Gasteiger partial charge >= 0.3 is 0 Å². The van der Waals surface area contributed by atoms with Crippen molar-refractivity contribution < 1.29 is 9.22 Å². The van der Waals surface area contributed by atoms with Gasteiger partial charge in [-0.05, 0) is 73.5 Å². The van der Waals surface area contributed by atoms with Gasteiger partial charge in [0.25, 0.3) is 0 Å². The van der Waals surface area contributed by atoms with E-state index in [2.05, 4.69) is 60.0 Å². The van der Waals surface area contributed by atoms with Crippen molar-refractivity contribution in [3.63, 3.8) is 0 Å². The number of fused-ring (bicyclic) bond motifs is 2. The summed E-state index contributed by atoms with van der Waals surface area (Å²) in [6, 6.07) is 17.6. The van der Waals surface area contributed by atoms with Crippen molar-refractivity contribution in [3.05, 3.63) is 100.0 Å². The predicted molar refractivity (Wildman–Crippen MR) is 133 cm³/mol. The Bertz CT molecular complexity index is 1300. The number of aryl methyl sites for hydroxylation is 1. The molecule has 0 fully saturated rings. The van der Waals surface area contributed by atoms with Gasteiger partial charge < -0.3 is 19.4 Å². The molecule has 0 spiro atoms. The Balaban J connectivity index is 1.38. The maximum absolute atomic E-state index is 6.03. The van der Waals surface area contributed by atoms with Crippen LogP contribution in [0.15, 0.2) is 72.4 Å². The number of nitrogens with zero attached hydrogens (tertiary/aromatic N) is 2. The highest BCUT2D eigenvalue weighted by atomic mass is 35.5. The van der Waals surface area contributed by atoms with Gasteiger partial charge in [0.2, 0.25) is 7.55 Å². The number of rotatable bonds is 6. The second-order valence-corrected chi connectivity index (χ2v) is 8.30. The monoisotopic (exact) mass is 439 g/mol. The lowest BCUT2D eigenvalue weighted by atomic mass is 9.94. The molecule has 3 heterocycles. The standard InChI is InChI=1S/C26H23BClN3O/c1-18-16-21(31-26(18)24(13-14-29)25-6-3-15-30(25)27-31)10-7-19-8-11-22(12-9-19)32-23-5-2-4-20(28)17-23/h2-12,15-17H,13-14,29H2,1H3. The van der Waals surface area contributed by atoms with Gasteiger partial charge in [0.15, 0.2) is 5.70 Å². The van der Waals surface area contributed by atoms with E-state index < -0.39 is 0 Å². The van der Waals surface area contributed by atoms with Crippen LogP contribution in [0.5, 0.6) is 11.5 Å². The molecule has 4 nitrogen and oxygen atoms in total. The molecular weight excluding hydrogens is 417 g/mol. The zero-order valence-corrected chi connectivity index (χ0v) is 18.6. The van der Waals surface area contributed by atoms with Crippen LogP contribution in [0.2, 0.25) is 5.02 Å². The summed E-state index contributed by atoms with van der Waals surface area (Å²) in [5, 5.41) is 0.656. The van der Waals surface area contributed by atoms with Gasteiger partial charge in [-0.15, -0.1) is 0 Å². The van der Waals surface area contributed by atoms with E-state index >= 15 is 0 Å². The van der Waals surface area contributed by atoms with Gasteiger partial charge in [0.05, 0.1) is 0 Å².